The number of hydrogen-bond donors (Lipinski definition) is 1. The molecule has 0 aliphatic carbocycles. The van der Waals surface area contributed by atoms with E-state index in [0.717, 1.165) is 49.8 Å². The molecule has 2 aliphatic heterocycles. The summed E-state index contributed by atoms with van der Waals surface area (Å²) in [6.07, 6.45) is 4.82. The lowest BCUT2D eigenvalue weighted by molar-refractivity contribution is 0.0673. The molecule has 2 saturated heterocycles. The van der Waals surface area contributed by atoms with Gasteiger partial charge in [0.1, 0.15) is 0 Å². The van der Waals surface area contributed by atoms with Crippen LogP contribution in [0.25, 0.3) is 0 Å². The Morgan fingerprint density at radius 2 is 2.00 bits per heavy atom. The minimum Gasteiger partial charge on any atom is -0.339 e. The zero-order valence-corrected chi connectivity index (χ0v) is 12.9. The van der Waals surface area contributed by atoms with Gasteiger partial charge in [-0.3, -0.25) is 4.79 Å². The molecule has 1 amide bonds. The van der Waals surface area contributed by atoms with Crippen LogP contribution in [-0.4, -0.2) is 46.7 Å². The second kappa shape index (κ2) is 6.10. The van der Waals surface area contributed by atoms with E-state index in [2.05, 4.69) is 15.5 Å². The normalized spacial score (nSPS) is 23.5. The van der Waals surface area contributed by atoms with Crippen molar-refractivity contribution in [2.45, 2.75) is 45.6 Å². The van der Waals surface area contributed by atoms with Crippen LogP contribution >= 0.6 is 0 Å². The zero-order chi connectivity index (χ0) is 14.8. The Morgan fingerprint density at radius 3 is 2.67 bits per heavy atom. The molecule has 5 heteroatoms. The molecule has 1 N–H and O–H groups in total. The maximum absolute atomic E-state index is 12.6. The standard InChI is InChI=1S/C16H24N4O/c1-11-10-14(12(2)19-18-11)16(21)20-8-5-13(6-9-20)15-4-3-7-17-15/h10,13,15,17H,3-9H2,1-2H3. The molecule has 1 unspecified atom stereocenters. The Kier molecular flexibility index (Phi) is 4.19. The average molecular weight is 288 g/mol. The van der Waals surface area contributed by atoms with E-state index in [-0.39, 0.29) is 5.91 Å². The Morgan fingerprint density at radius 1 is 1.24 bits per heavy atom. The van der Waals surface area contributed by atoms with Gasteiger partial charge in [0, 0.05) is 19.1 Å². The van der Waals surface area contributed by atoms with E-state index in [1.807, 2.05) is 24.8 Å². The summed E-state index contributed by atoms with van der Waals surface area (Å²) in [5, 5.41) is 11.7. The number of aryl methyl sites for hydroxylation is 2. The number of piperidine rings is 1. The Bertz CT molecular complexity index is 517. The van der Waals surface area contributed by atoms with Gasteiger partial charge in [-0.2, -0.15) is 10.2 Å². The fraction of sp³-hybridized carbons (Fsp3) is 0.688. The van der Waals surface area contributed by atoms with Crippen molar-refractivity contribution in [2.75, 3.05) is 19.6 Å². The van der Waals surface area contributed by atoms with E-state index in [0.29, 0.717) is 11.6 Å². The van der Waals surface area contributed by atoms with E-state index < -0.39 is 0 Å². The van der Waals surface area contributed by atoms with Crippen LogP contribution in [0.4, 0.5) is 0 Å². The van der Waals surface area contributed by atoms with Gasteiger partial charge in [-0.05, 0) is 58.1 Å². The smallest absolute Gasteiger partial charge is 0.255 e. The van der Waals surface area contributed by atoms with Crippen molar-refractivity contribution >= 4 is 5.91 Å². The van der Waals surface area contributed by atoms with Gasteiger partial charge < -0.3 is 10.2 Å². The summed E-state index contributed by atoms with van der Waals surface area (Å²) in [5.41, 5.74) is 2.24. The van der Waals surface area contributed by atoms with Crippen molar-refractivity contribution in [3.63, 3.8) is 0 Å². The summed E-state index contributed by atoms with van der Waals surface area (Å²) >= 11 is 0. The van der Waals surface area contributed by atoms with Crippen molar-refractivity contribution in [1.82, 2.24) is 20.4 Å². The number of amides is 1. The largest absolute Gasteiger partial charge is 0.339 e. The van der Waals surface area contributed by atoms with E-state index >= 15 is 0 Å². The van der Waals surface area contributed by atoms with Gasteiger partial charge in [-0.25, -0.2) is 0 Å². The molecule has 0 radical (unpaired) electrons. The van der Waals surface area contributed by atoms with Gasteiger partial charge in [-0.1, -0.05) is 0 Å². The van der Waals surface area contributed by atoms with Crippen molar-refractivity contribution in [1.29, 1.82) is 0 Å². The van der Waals surface area contributed by atoms with E-state index in [1.54, 1.807) is 0 Å². The average Bonchev–Trinajstić information content (AvgIpc) is 3.03. The lowest BCUT2D eigenvalue weighted by Gasteiger charge is -2.35. The second-order valence-corrected chi connectivity index (χ2v) is 6.32. The topological polar surface area (TPSA) is 58.1 Å². The summed E-state index contributed by atoms with van der Waals surface area (Å²) < 4.78 is 0. The van der Waals surface area contributed by atoms with Gasteiger partial charge >= 0.3 is 0 Å². The third kappa shape index (κ3) is 3.07. The van der Waals surface area contributed by atoms with Gasteiger partial charge in [0.05, 0.1) is 17.0 Å². The Hall–Kier alpha value is -1.49. The number of hydrogen-bond acceptors (Lipinski definition) is 4. The van der Waals surface area contributed by atoms with Crippen LogP contribution in [0.3, 0.4) is 0 Å². The molecule has 0 bridgehead atoms. The molecule has 0 saturated carbocycles. The highest BCUT2D eigenvalue weighted by molar-refractivity contribution is 5.95. The first-order valence-electron chi connectivity index (χ1n) is 7.99. The van der Waals surface area contributed by atoms with Crippen LogP contribution in [0.1, 0.15) is 47.4 Å². The summed E-state index contributed by atoms with van der Waals surface area (Å²) in [5.74, 6) is 0.846. The fourth-order valence-corrected chi connectivity index (χ4v) is 3.56. The lowest BCUT2D eigenvalue weighted by atomic mass is 9.88. The molecule has 5 nitrogen and oxygen atoms in total. The molecule has 1 aromatic heterocycles. The first-order valence-corrected chi connectivity index (χ1v) is 7.99. The van der Waals surface area contributed by atoms with Crippen LogP contribution in [0.15, 0.2) is 6.07 Å². The quantitative estimate of drug-likeness (QED) is 0.900. The lowest BCUT2D eigenvalue weighted by Crippen LogP contribution is -2.43. The van der Waals surface area contributed by atoms with Crippen molar-refractivity contribution < 1.29 is 4.79 Å². The predicted molar refractivity (Wildman–Crippen MR) is 81.2 cm³/mol. The summed E-state index contributed by atoms with van der Waals surface area (Å²) in [6, 6.07) is 2.53. The molecule has 114 valence electrons. The number of rotatable bonds is 2. The van der Waals surface area contributed by atoms with E-state index in [9.17, 15) is 4.79 Å². The number of nitrogens with one attached hydrogen (secondary N) is 1. The third-order valence-electron chi connectivity index (χ3n) is 4.83. The highest BCUT2D eigenvalue weighted by Gasteiger charge is 2.30. The predicted octanol–water partition coefficient (Wildman–Crippen LogP) is 1.70. The molecule has 2 fully saturated rings. The summed E-state index contributed by atoms with van der Waals surface area (Å²) in [4.78, 5) is 14.6. The molecular formula is C16H24N4O. The van der Waals surface area contributed by atoms with Gasteiger partial charge in [-0.15, -0.1) is 0 Å². The maximum atomic E-state index is 12.6. The molecule has 3 heterocycles. The molecule has 1 atom stereocenters. The first-order chi connectivity index (χ1) is 10.1. The zero-order valence-electron chi connectivity index (χ0n) is 12.9. The van der Waals surface area contributed by atoms with Crippen LogP contribution < -0.4 is 5.32 Å². The van der Waals surface area contributed by atoms with Gasteiger partial charge in [0.2, 0.25) is 0 Å². The molecule has 3 rings (SSSR count). The monoisotopic (exact) mass is 288 g/mol. The SMILES string of the molecule is Cc1cc(C(=O)N2CCC(C3CCCN3)CC2)c(C)nn1. The van der Waals surface area contributed by atoms with Crippen LogP contribution in [0.2, 0.25) is 0 Å². The molecule has 2 aliphatic rings. The van der Waals surface area contributed by atoms with E-state index in [1.165, 1.54) is 12.8 Å². The number of nitrogens with zero attached hydrogens (tertiary/aromatic N) is 3. The number of likely N-dealkylation sites (tertiary alicyclic amines) is 1. The van der Waals surface area contributed by atoms with Crippen LogP contribution in [0.5, 0.6) is 0 Å². The number of carbonyl (C=O) groups is 1. The Balaban J connectivity index is 1.63. The molecule has 1 aromatic rings. The van der Waals surface area contributed by atoms with Crippen molar-refractivity contribution in [2.24, 2.45) is 5.92 Å². The third-order valence-corrected chi connectivity index (χ3v) is 4.83. The maximum Gasteiger partial charge on any atom is 0.255 e. The summed E-state index contributed by atoms with van der Waals surface area (Å²) in [7, 11) is 0. The number of carbonyl (C=O) groups excluding carboxylic acids is 1. The minimum absolute atomic E-state index is 0.114. The highest BCUT2D eigenvalue weighted by Crippen LogP contribution is 2.26. The highest BCUT2D eigenvalue weighted by atomic mass is 16.2. The molecular weight excluding hydrogens is 264 g/mol. The first kappa shape index (κ1) is 14.4. The second-order valence-electron chi connectivity index (χ2n) is 6.32. The minimum atomic E-state index is 0.114. The molecule has 0 aromatic carbocycles. The molecule has 0 spiro atoms. The summed E-state index contributed by atoms with van der Waals surface area (Å²) in [6.45, 7) is 6.62. The number of aromatic nitrogens is 2. The van der Waals surface area contributed by atoms with Gasteiger partial charge in [0.15, 0.2) is 0 Å². The van der Waals surface area contributed by atoms with Crippen LogP contribution in [0, 0.1) is 19.8 Å². The van der Waals surface area contributed by atoms with Crippen molar-refractivity contribution in [3.05, 3.63) is 23.0 Å². The fourth-order valence-electron chi connectivity index (χ4n) is 3.56. The Labute approximate surface area is 126 Å². The van der Waals surface area contributed by atoms with Gasteiger partial charge in [0.25, 0.3) is 5.91 Å². The van der Waals surface area contributed by atoms with E-state index in [4.69, 9.17) is 0 Å². The van der Waals surface area contributed by atoms with Crippen LogP contribution in [-0.2, 0) is 0 Å². The van der Waals surface area contributed by atoms with Crippen molar-refractivity contribution in [3.8, 4) is 0 Å². The molecule has 21 heavy (non-hydrogen) atoms.